The van der Waals surface area contributed by atoms with E-state index in [1.54, 1.807) is 0 Å². The fourth-order valence-electron chi connectivity index (χ4n) is 2.12. The summed E-state index contributed by atoms with van der Waals surface area (Å²) >= 11 is 0. The molecule has 0 saturated carbocycles. The van der Waals surface area contributed by atoms with Gasteiger partial charge in [-0.15, -0.1) is 0 Å². The zero-order valence-corrected chi connectivity index (χ0v) is 14.6. The SMILES string of the molecule is [2H]C1([2H])CCC(c2nc(NC(C)C(F)(F)F)nc(N[C@@H](C)C(F)(F)F)n2)=C(F)C1O. The molecule has 0 radical (unpaired) electrons. The van der Waals surface area contributed by atoms with E-state index in [0.29, 0.717) is 13.8 Å². The largest absolute Gasteiger partial charge is 0.408 e. The number of aliphatic hydroxyl groups is 1. The van der Waals surface area contributed by atoms with Gasteiger partial charge in [0.15, 0.2) is 5.82 Å². The minimum Gasteiger partial charge on any atom is -0.386 e. The predicted octanol–water partition coefficient (Wildman–Crippen LogP) is 3.82. The molecule has 0 fully saturated rings. The first-order valence-electron chi connectivity index (χ1n) is 9.02. The van der Waals surface area contributed by atoms with Crippen molar-refractivity contribution in [2.75, 3.05) is 10.6 Å². The van der Waals surface area contributed by atoms with Gasteiger partial charge in [-0.05, 0) is 33.1 Å². The molecular formula is C15H18F7N5O. The van der Waals surface area contributed by atoms with Crippen LogP contribution in [0.1, 0.15) is 41.6 Å². The summed E-state index contributed by atoms with van der Waals surface area (Å²) in [6.45, 7) is 1.43. The molecule has 3 atom stereocenters. The Hall–Kier alpha value is -2.18. The van der Waals surface area contributed by atoms with E-state index in [1.165, 1.54) is 0 Å². The van der Waals surface area contributed by atoms with Gasteiger partial charge in [0, 0.05) is 8.31 Å². The zero-order valence-electron chi connectivity index (χ0n) is 16.6. The summed E-state index contributed by atoms with van der Waals surface area (Å²) in [6, 6.07) is -4.38. The summed E-state index contributed by atoms with van der Waals surface area (Å²) in [5.41, 5.74) is -0.439. The Morgan fingerprint density at radius 1 is 1.00 bits per heavy atom. The van der Waals surface area contributed by atoms with E-state index in [0.717, 1.165) is 0 Å². The third-order valence-corrected chi connectivity index (χ3v) is 3.82. The molecule has 0 saturated heterocycles. The lowest BCUT2D eigenvalue weighted by atomic mass is 9.96. The molecule has 28 heavy (non-hydrogen) atoms. The van der Waals surface area contributed by atoms with E-state index in [4.69, 9.17) is 2.74 Å². The van der Waals surface area contributed by atoms with Crippen molar-refractivity contribution in [1.82, 2.24) is 15.0 Å². The lowest BCUT2D eigenvalue weighted by Crippen LogP contribution is -2.35. The Kier molecular flexibility index (Phi) is 5.51. The predicted molar refractivity (Wildman–Crippen MR) is 86.0 cm³/mol. The molecule has 1 heterocycles. The Labute approximate surface area is 158 Å². The van der Waals surface area contributed by atoms with Gasteiger partial charge in [-0.25, -0.2) is 4.39 Å². The third kappa shape index (κ3) is 5.42. The Morgan fingerprint density at radius 2 is 1.46 bits per heavy atom. The van der Waals surface area contributed by atoms with Crippen molar-refractivity contribution in [1.29, 1.82) is 0 Å². The van der Waals surface area contributed by atoms with E-state index in [2.05, 4.69) is 15.0 Å². The first kappa shape index (κ1) is 19.2. The summed E-state index contributed by atoms with van der Waals surface area (Å²) in [6.07, 6.45) is -14.7. The van der Waals surface area contributed by atoms with Crippen LogP contribution in [0.15, 0.2) is 5.83 Å². The van der Waals surface area contributed by atoms with Crippen LogP contribution in [0, 0.1) is 0 Å². The standard InChI is InChI=1S/C15H18F7N5O/c1-6(14(17,18)19)23-12-25-11(8-4-3-5-9(28)10(8)16)26-13(27-12)24-7(2)15(20,21)22/h6-7,9,28H,3-5H2,1-2H3,(H2,23,24,25,26,27)/t6-,7?,9?/m0/s1/i5D2. The highest BCUT2D eigenvalue weighted by molar-refractivity contribution is 5.65. The number of allylic oxidation sites excluding steroid dienone is 1. The maximum Gasteiger partial charge on any atom is 0.408 e. The molecule has 1 aromatic rings. The number of hydrogen-bond donors (Lipinski definition) is 3. The molecule has 2 unspecified atom stereocenters. The van der Waals surface area contributed by atoms with Crippen molar-refractivity contribution >= 4 is 17.5 Å². The van der Waals surface area contributed by atoms with E-state index in [9.17, 15) is 35.8 Å². The molecule has 0 spiro atoms. The first-order valence-corrected chi connectivity index (χ1v) is 8.02. The van der Waals surface area contributed by atoms with E-state index >= 15 is 0 Å². The monoisotopic (exact) mass is 419 g/mol. The third-order valence-electron chi connectivity index (χ3n) is 3.82. The van der Waals surface area contributed by atoms with Crippen molar-refractivity contribution < 1.29 is 38.6 Å². The molecular weight excluding hydrogens is 399 g/mol. The zero-order chi connectivity index (χ0) is 23.1. The van der Waals surface area contributed by atoms with Crippen LogP contribution < -0.4 is 10.6 Å². The summed E-state index contributed by atoms with van der Waals surface area (Å²) in [4.78, 5) is 10.7. The summed E-state index contributed by atoms with van der Waals surface area (Å²) in [7, 11) is 0. The van der Waals surface area contributed by atoms with Crippen molar-refractivity contribution in [2.24, 2.45) is 0 Å². The molecule has 1 aliphatic rings. The maximum atomic E-state index is 14.5. The second-order valence-corrected chi connectivity index (χ2v) is 6.05. The molecule has 13 heteroatoms. The van der Waals surface area contributed by atoms with Crippen LogP contribution in [0.3, 0.4) is 0 Å². The average Bonchev–Trinajstić information content (AvgIpc) is 2.58. The van der Waals surface area contributed by atoms with Crippen LogP contribution in [0.4, 0.5) is 42.6 Å². The molecule has 1 aromatic heterocycles. The number of nitrogens with one attached hydrogen (secondary N) is 2. The van der Waals surface area contributed by atoms with Crippen LogP contribution in [0.2, 0.25) is 0 Å². The van der Waals surface area contributed by atoms with Gasteiger partial charge < -0.3 is 15.7 Å². The van der Waals surface area contributed by atoms with E-state index < -0.39 is 66.0 Å². The fraction of sp³-hybridized carbons (Fsp3) is 0.667. The fourth-order valence-corrected chi connectivity index (χ4v) is 2.12. The normalized spacial score (nSPS) is 23.6. The van der Waals surface area contributed by atoms with Gasteiger partial charge in [0.05, 0.1) is 0 Å². The van der Waals surface area contributed by atoms with Gasteiger partial charge in [0.2, 0.25) is 11.9 Å². The number of aliphatic hydroxyl groups excluding tert-OH is 1. The average molecular weight is 419 g/mol. The van der Waals surface area contributed by atoms with E-state index in [-0.39, 0.29) is 12.8 Å². The van der Waals surface area contributed by atoms with Gasteiger partial charge in [-0.1, -0.05) is 0 Å². The van der Waals surface area contributed by atoms with Crippen LogP contribution in [-0.4, -0.2) is 50.6 Å². The number of halogens is 7. The summed E-state index contributed by atoms with van der Waals surface area (Å²) in [5.74, 6) is -3.52. The highest BCUT2D eigenvalue weighted by Gasteiger charge is 2.38. The highest BCUT2D eigenvalue weighted by atomic mass is 19.4. The first-order chi connectivity index (χ1) is 13.5. The number of aromatic nitrogens is 3. The van der Waals surface area contributed by atoms with Gasteiger partial charge in [-0.2, -0.15) is 41.3 Å². The van der Waals surface area contributed by atoms with Gasteiger partial charge >= 0.3 is 12.4 Å². The van der Waals surface area contributed by atoms with E-state index in [1.807, 2.05) is 10.6 Å². The molecule has 0 amide bonds. The topological polar surface area (TPSA) is 83.0 Å². The van der Waals surface area contributed by atoms with Crippen molar-refractivity contribution in [3.05, 3.63) is 11.7 Å². The maximum absolute atomic E-state index is 14.5. The number of anilines is 2. The smallest absolute Gasteiger partial charge is 0.386 e. The van der Waals surface area contributed by atoms with Crippen LogP contribution in [0.25, 0.3) is 5.57 Å². The van der Waals surface area contributed by atoms with Gasteiger partial charge in [0.25, 0.3) is 0 Å². The van der Waals surface area contributed by atoms with Crippen LogP contribution in [0.5, 0.6) is 0 Å². The molecule has 158 valence electrons. The quantitative estimate of drug-likeness (QED) is 0.630. The number of rotatable bonds is 5. The van der Waals surface area contributed by atoms with Crippen molar-refractivity contribution in [3.8, 4) is 0 Å². The van der Waals surface area contributed by atoms with Gasteiger partial charge in [-0.3, -0.25) is 0 Å². The lowest BCUT2D eigenvalue weighted by Gasteiger charge is -2.22. The second kappa shape index (κ2) is 8.05. The Bertz CT molecular complexity index is 775. The Morgan fingerprint density at radius 3 is 1.89 bits per heavy atom. The van der Waals surface area contributed by atoms with Crippen LogP contribution in [-0.2, 0) is 0 Å². The highest BCUT2D eigenvalue weighted by Crippen LogP contribution is 2.33. The molecule has 0 aliphatic heterocycles. The molecule has 0 bridgehead atoms. The van der Waals surface area contributed by atoms with Crippen LogP contribution >= 0.6 is 0 Å². The van der Waals surface area contributed by atoms with Crippen molar-refractivity contribution in [2.45, 2.75) is 63.6 Å². The number of alkyl halides is 6. The minimum atomic E-state index is -4.73. The lowest BCUT2D eigenvalue weighted by molar-refractivity contribution is -0.139. The minimum absolute atomic E-state index is 0.345. The molecule has 6 nitrogen and oxygen atoms in total. The Balaban J connectivity index is 2.50. The van der Waals surface area contributed by atoms with Crippen molar-refractivity contribution in [3.63, 3.8) is 0 Å². The number of nitrogens with zero attached hydrogens (tertiary/aromatic N) is 3. The molecule has 1 aliphatic carbocycles. The second-order valence-electron chi connectivity index (χ2n) is 6.05. The van der Waals surface area contributed by atoms with Gasteiger partial charge in [0.1, 0.15) is 24.0 Å². The molecule has 3 N–H and O–H groups in total. The number of hydrogen-bond acceptors (Lipinski definition) is 6. The molecule has 2 rings (SSSR count). The summed E-state index contributed by atoms with van der Waals surface area (Å²) in [5, 5.41) is 13.5. The summed E-state index contributed by atoms with van der Waals surface area (Å²) < 4.78 is 106. The molecule has 0 aromatic carbocycles.